The topological polar surface area (TPSA) is 55.6 Å². The number of likely N-dealkylation sites (tertiary alicyclic amines) is 1. The molecule has 1 aromatic carbocycles. The molecule has 2 rings (SSSR count). The third kappa shape index (κ3) is 4.40. The average Bonchev–Trinajstić information content (AvgIpc) is 2.38. The van der Waals surface area contributed by atoms with Gasteiger partial charge in [0.2, 0.25) is 0 Å². The lowest BCUT2D eigenvalue weighted by Crippen LogP contribution is -2.51. The zero-order valence-electron chi connectivity index (χ0n) is 14.6. The van der Waals surface area contributed by atoms with Crippen LogP contribution in [0.4, 0.5) is 10.5 Å². The van der Waals surface area contributed by atoms with Gasteiger partial charge in [0.25, 0.3) is 0 Å². The zero-order valence-corrected chi connectivity index (χ0v) is 16.2. The molecule has 2 N–H and O–H groups in total. The van der Waals surface area contributed by atoms with Crippen molar-refractivity contribution in [2.45, 2.75) is 71.1 Å². The second-order valence-corrected chi connectivity index (χ2v) is 8.39. The van der Waals surface area contributed by atoms with Gasteiger partial charge in [-0.25, -0.2) is 4.79 Å². The smallest absolute Gasteiger partial charge is 0.410 e. The third-order valence-electron chi connectivity index (χ3n) is 4.30. The van der Waals surface area contributed by atoms with Gasteiger partial charge in [0, 0.05) is 22.2 Å². The summed E-state index contributed by atoms with van der Waals surface area (Å²) < 4.78 is 6.49. The number of nitrogen functional groups attached to an aromatic ring is 1. The van der Waals surface area contributed by atoms with Crippen LogP contribution < -0.4 is 5.73 Å². The van der Waals surface area contributed by atoms with E-state index in [9.17, 15) is 4.79 Å². The maximum Gasteiger partial charge on any atom is 0.410 e. The van der Waals surface area contributed by atoms with Crippen molar-refractivity contribution in [2.75, 3.05) is 5.73 Å². The molecule has 1 aliphatic heterocycles. The van der Waals surface area contributed by atoms with Crippen LogP contribution in [0.5, 0.6) is 0 Å². The van der Waals surface area contributed by atoms with Gasteiger partial charge in [-0.3, -0.25) is 0 Å². The number of ether oxygens (including phenoxy) is 1. The number of carbonyl (C=O) groups excluding carboxylic acids is 1. The standard InChI is InChI=1S/C18H27BrN2O2/c1-11-8-14(13-6-7-16(20)15(19)10-13)9-12(2)21(11)17(22)23-18(3,4)5/h6-7,10-12,14H,8-9,20H2,1-5H3/t11-,12+,14?. The molecule has 1 heterocycles. The largest absolute Gasteiger partial charge is 0.444 e. The van der Waals surface area contributed by atoms with Gasteiger partial charge in [0.05, 0.1) is 0 Å². The molecular formula is C18H27BrN2O2. The molecule has 128 valence electrons. The van der Waals surface area contributed by atoms with E-state index in [0.717, 1.165) is 23.0 Å². The van der Waals surface area contributed by atoms with Gasteiger partial charge in [0.15, 0.2) is 0 Å². The highest BCUT2D eigenvalue weighted by Gasteiger charge is 2.36. The fourth-order valence-corrected chi connectivity index (χ4v) is 3.72. The van der Waals surface area contributed by atoms with Gasteiger partial charge in [-0.1, -0.05) is 6.07 Å². The summed E-state index contributed by atoms with van der Waals surface area (Å²) in [7, 11) is 0. The number of hydrogen-bond donors (Lipinski definition) is 1. The average molecular weight is 383 g/mol. The molecule has 0 aliphatic carbocycles. The van der Waals surface area contributed by atoms with Crippen molar-refractivity contribution >= 4 is 27.7 Å². The highest BCUT2D eigenvalue weighted by Crippen LogP contribution is 2.37. The van der Waals surface area contributed by atoms with Crippen molar-refractivity contribution in [3.05, 3.63) is 28.2 Å². The summed E-state index contributed by atoms with van der Waals surface area (Å²) in [6.45, 7) is 9.90. The molecule has 0 radical (unpaired) electrons. The lowest BCUT2D eigenvalue weighted by molar-refractivity contribution is -0.00254. The predicted octanol–water partition coefficient (Wildman–Crippen LogP) is 4.92. The van der Waals surface area contributed by atoms with Gasteiger partial charge in [-0.15, -0.1) is 0 Å². The van der Waals surface area contributed by atoms with Gasteiger partial charge in [-0.05, 0) is 87.0 Å². The fourth-order valence-electron chi connectivity index (χ4n) is 3.33. The Labute approximate surface area is 147 Å². The van der Waals surface area contributed by atoms with Crippen LogP contribution in [-0.2, 0) is 4.74 Å². The molecule has 0 saturated carbocycles. The summed E-state index contributed by atoms with van der Waals surface area (Å²) in [4.78, 5) is 14.3. The first kappa shape index (κ1) is 18.1. The molecule has 0 bridgehead atoms. The van der Waals surface area contributed by atoms with Gasteiger partial charge in [0.1, 0.15) is 5.60 Å². The van der Waals surface area contributed by atoms with Gasteiger partial charge in [-0.2, -0.15) is 0 Å². The van der Waals surface area contributed by atoms with Crippen LogP contribution in [0.1, 0.15) is 58.9 Å². The van der Waals surface area contributed by atoms with Crippen LogP contribution in [0, 0.1) is 0 Å². The van der Waals surface area contributed by atoms with E-state index in [1.807, 2.05) is 31.7 Å². The molecule has 0 aromatic heterocycles. The Bertz CT molecular complexity index is 571. The van der Waals surface area contributed by atoms with E-state index >= 15 is 0 Å². The number of benzene rings is 1. The normalized spacial score (nSPS) is 25.3. The SMILES string of the molecule is C[C@@H]1CC(c2ccc(N)c(Br)c2)C[C@H](C)N1C(=O)OC(C)(C)C. The number of carbonyl (C=O) groups is 1. The van der Waals surface area contributed by atoms with Crippen molar-refractivity contribution in [2.24, 2.45) is 0 Å². The molecule has 0 spiro atoms. The van der Waals surface area contributed by atoms with E-state index in [0.29, 0.717) is 5.92 Å². The molecule has 1 amide bonds. The van der Waals surface area contributed by atoms with Crippen molar-refractivity contribution in [1.29, 1.82) is 0 Å². The lowest BCUT2D eigenvalue weighted by Gasteiger charge is -2.43. The Morgan fingerprint density at radius 3 is 2.30 bits per heavy atom. The molecule has 1 saturated heterocycles. The molecule has 1 unspecified atom stereocenters. The number of nitrogens with two attached hydrogens (primary N) is 1. The zero-order chi connectivity index (χ0) is 17.4. The van der Waals surface area contributed by atoms with Crippen LogP contribution in [0.25, 0.3) is 0 Å². The van der Waals surface area contributed by atoms with Gasteiger partial charge >= 0.3 is 6.09 Å². The Morgan fingerprint density at radius 2 is 1.83 bits per heavy atom. The summed E-state index contributed by atoms with van der Waals surface area (Å²) in [6.07, 6.45) is 1.65. The van der Waals surface area contributed by atoms with E-state index < -0.39 is 5.60 Å². The van der Waals surface area contributed by atoms with Crippen LogP contribution in [0.15, 0.2) is 22.7 Å². The molecule has 5 heteroatoms. The van der Waals surface area contributed by atoms with E-state index in [4.69, 9.17) is 10.5 Å². The van der Waals surface area contributed by atoms with E-state index in [2.05, 4.69) is 41.9 Å². The number of anilines is 1. The quantitative estimate of drug-likeness (QED) is 0.700. The van der Waals surface area contributed by atoms with Gasteiger partial charge < -0.3 is 15.4 Å². The number of amides is 1. The van der Waals surface area contributed by atoms with E-state index in [1.54, 1.807) is 0 Å². The number of halogens is 1. The second kappa shape index (κ2) is 6.71. The first-order valence-corrected chi connectivity index (χ1v) is 8.94. The minimum atomic E-state index is -0.463. The summed E-state index contributed by atoms with van der Waals surface area (Å²) >= 11 is 3.50. The first-order valence-electron chi connectivity index (χ1n) is 8.14. The first-order chi connectivity index (χ1) is 10.6. The van der Waals surface area contributed by atoms with E-state index in [1.165, 1.54) is 5.56 Å². The Kier molecular flexibility index (Phi) is 5.29. The maximum atomic E-state index is 12.5. The number of piperidine rings is 1. The fraction of sp³-hybridized carbons (Fsp3) is 0.611. The number of nitrogens with zero attached hydrogens (tertiary/aromatic N) is 1. The Hall–Kier alpha value is -1.23. The highest BCUT2D eigenvalue weighted by atomic mass is 79.9. The summed E-state index contributed by atoms with van der Waals surface area (Å²) in [5, 5.41) is 0. The summed E-state index contributed by atoms with van der Waals surface area (Å²) in [6, 6.07) is 6.43. The molecule has 23 heavy (non-hydrogen) atoms. The lowest BCUT2D eigenvalue weighted by atomic mass is 9.82. The highest BCUT2D eigenvalue weighted by molar-refractivity contribution is 9.10. The molecule has 3 atom stereocenters. The molecule has 4 nitrogen and oxygen atoms in total. The minimum absolute atomic E-state index is 0.148. The van der Waals surface area contributed by atoms with Crippen LogP contribution in [0.2, 0.25) is 0 Å². The Balaban J connectivity index is 2.12. The van der Waals surface area contributed by atoms with Crippen molar-refractivity contribution in [1.82, 2.24) is 4.90 Å². The number of hydrogen-bond acceptors (Lipinski definition) is 3. The molecule has 1 aliphatic rings. The predicted molar refractivity (Wildman–Crippen MR) is 97.5 cm³/mol. The van der Waals surface area contributed by atoms with Crippen LogP contribution in [-0.4, -0.2) is 28.7 Å². The van der Waals surface area contributed by atoms with Crippen LogP contribution >= 0.6 is 15.9 Å². The minimum Gasteiger partial charge on any atom is -0.444 e. The molecule has 1 fully saturated rings. The molecule has 1 aromatic rings. The monoisotopic (exact) mass is 382 g/mol. The summed E-state index contributed by atoms with van der Waals surface area (Å²) in [5.74, 6) is 0.426. The Morgan fingerprint density at radius 1 is 1.26 bits per heavy atom. The number of rotatable bonds is 1. The maximum absolute atomic E-state index is 12.5. The van der Waals surface area contributed by atoms with E-state index in [-0.39, 0.29) is 18.2 Å². The van der Waals surface area contributed by atoms with Crippen molar-refractivity contribution in [3.63, 3.8) is 0 Å². The summed E-state index contributed by atoms with van der Waals surface area (Å²) in [5.41, 5.74) is 7.44. The van der Waals surface area contributed by atoms with Crippen LogP contribution in [0.3, 0.4) is 0 Å². The van der Waals surface area contributed by atoms with Crippen molar-refractivity contribution < 1.29 is 9.53 Å². The van der Waals surface area contributed by atoms with Crippen molar-refractivity contribution in [3.8, 4) is 0 Å². The molecular weight excluding hydrogens is 356 g/mol. The third-order valence-corrected chi connectivity index (χ3v) is 4.99. The second-order valence-electron chi connectivity index (χ2n) is 7.53.